The number of hydrogen-bond acceptors (Lipinski definition) is 1. The number of nitrogens with zero attached hydrogens (tertiary/aromatic N) is 1. The second kappa shape index (κ2) is 5.07. The molecule has 0 bridgehead atoms. The summed E-state index contributed by atoms with van der Waals surface area (Å²) in [6.07, 6.45) is 3.89. The third-order valence-electron chi connectivity index (χ3n) is 2.01. The highest BCUT2D eigenvalue weighted by Crippen LogP contribution is 2.23. The minimum Gasteiger partial charge on any atom is -0.257 e. The van der Waals surface area contributed by atoms with Gasteiger partial charge in [-0.25, -0.2) is 0 Å². The molecule has 0 aliphatic heterocycles. The lowest BCUT2D eigenvalue weighted by Gasteiger charge is -1.98. The molecule has 0 saturated carbocycles. The molecule has 74 valence electrons. The van der Waals surface area contributed by atoms with Crippen molar-refractivity contribution in [2.45, 2.75) is 0 Å². The maximum atomic E-state index is 4.26. The lowest BCUT2D eigenvalue weighted by molar-refractivity contribution is 1.30. The van der Waals surface area contributed by atoms with Crippen molar-refractivity contribution in [3.63, 3.8) is 0 Å². The Balaban J connectivity index is 2.29. The normalized spacial score (nSPS) is 11.4. The fourth-order valence-corrected chi connectivity index (χ4v) is 1.95. The Morgan fingerprint density at radius 2 is 1.73 bits per heavy atom. The van der Waals surface area contributed by atoms with Gasteiger partial charge in [-0.3, -0.25) is 4.98 Å². The van der Waals surface area contributed by atoms with Crippen LogP contribution in [0.2, 0.25) is 0 Å². The van der Waals surface area contributed by atoms with Gasteiger partial charge in [0.15, 0.2) is 0 Å². The second-order valence-corrected chi connectivity index (χ2v) is 4.28. The van der Waals surface area contributed by atoms with Crippen molar-refractivity contribution >= 4 is 32.2 Å². The van der Waals surface area contributed by atoms with Crippen molar-refractivity contribution in [1.82, 2.24) is 4.98 Å². The maximum absolute atomic E-state index is 4.26. The monoisotopic (exact) mass is 307 g/mol. The lowest BCUT2D eigenvalue weighted by atomic mass is 10.2. The van der Waals surface area contributed by atoms with Crippen LogP contribution in [0.25, 0.3) is 9.66 Å². The molecule has 0 N–H and O–H groups in total. The van der Waals surface area contributed by atoms with Gasteiger partial charge in [0.05, 0.1) is 5.69 Å². The number of benzene rings is 1. The van der Waals surface area contributed by atoms with Crippen molar-refractivity contribution in [2.24, 2.45) is 0 Å². The Morgan fingerprint density at radius 3 is 2.40 bits per heavy atom. The smallest absolute Gasteiger partial charge is 0.0640 e. The topological polar surface area (TPSA) is 12.9 Å². The quantitative estimate of drug-likeness (QED) is 0.764. The minimum atomic E-state index is 0.991. The third kappa shape index (κ3) is 2.89. The van der Waals surface area contributed by atoms with Gasteiger partial charge in [0, 0.05) is 9.78 Å². The van der Waals surface area contributed by atoms with E-state index < -0.39 is 0 Å². The third-order valence-corrected chi connectivity index (χ3v) is 2.95. The van der Waals surface area contributed by atoms with Crippen molar-refractivity contribution in [1.29, 1.82) is 0 Å². The summed E-state index contributed by atoms with van der Waals surface area (Å²) < 4.78 is 1.20. The zero-order valence-electron chi connectivity index (χ0n) is 8.10. The van der Waals surface area contributed by atoms with Crippen molar-refractivity contribution < 1.29 is 0 Å². The fraction of sp³-hybridized carbons (Fsp3) is 0. The summed E-state index contributed by atoms with van der Waals surface area (Å²) in [4.78, 5) is 4.26. The molecule has 1 aromatic carbocycles. The van der Waals surface area contributed by atoms with Crippen LogP contribution in [0, 0.1) is 0 Å². The van der Waals surface area contributed by atoms with E-state index in [0.29, 0.717) is 0 Å². The average Bonchev–Trinajstić information content (AvgIpc) is 2.31. The van der Waals surface area contributed by atoms with Gasteiger partial charge < -0.3 is 0 Å². The van der Waals surface area contributed by atoms with E-state index >= 15 is 0 Å². The average molecular weight is 307 g/mol. The largest absolute Gasteiger partial charge is 0.257 e. The molecule has 15 heavy (non-hydrogen) atoms. The molecule has 0 fully saturated rings. The molecule has 0 aliphatic carbocycles. The van der Waals surface area contributed by atoms with Crippen LogP contribution in [0.15, 0.2) is 54.7 Å². The molecule has 0 amide bonds. The Bertz CT molecular complexity index is 448. The summed E-state index contributed by atoms with van der Waals surface area (Å²) in [5.74, 6) is 0. The Morgan fingerprint density at radius 1 is 1.00 bits per heavy atom. The van der Waals surface area contributed by atoms with Crippen LogP contribution in [-0.2, 0) is 0 Å². The summed E-state index contributed by atoms with van der Waals surface area (Å²) in [7, 11) is 0. The SMILES string of the molecule is I/C(=C\c1ccccn1)c1ccccc1. The van der Waals surface area contributed by atoms with Gasteiger partial charge in [-0.1, -0.05) is 36.4 Å². The highest BCUT2D eigenvalue weighted by Gasteiger charge is 1.96. The Kier molecular flexibility index (Phi) is 3.50. The molecule has 0 atom stereocenters. The van der Waals surface area contributed by atoms with Crippen molar-refractivity contribution in [2.75, 3.05) is 0 Å². The summed E-state index contributed by atoms with van der Waals surface area (Å²) in [6, 6.07) is 16.2. The summed E-state index contributed by atoms with van der Waals surface area (Å²) >= 11 is 2.33. The van der Waals surface area contributed by atoms with Crippen LogP contribution in [0.1, 0.15) is 11.3 Å². The van der Waals surface area contributed by atoms with Gasteiger partial charge in [0.2, 0.25) is 0 Å². The highest BCUT2D eigenvalue weighted by atomic mass is 127. The van der Waals surface area contributed by atoms with E-state index in [-0.39, 0.29) is 0 Å². The van der Waals surface area contributed by atoms with Crippen LogP contribution in [-0.4, -0.2) is 4.98 Å². The molecule has 0 saturated heterocycles. The molecular formula is C13H10IN. The van der Waals surface area contributed by atoms with Crippen LogP contribution < -0.4 is 0 Å². The zero-order valence-corrected chi connectivity index (χ0v) is 10.3. The summed E-state index contributed by atoms with van der Waals surface area (Å²) in [5, 5.41) is 0. The summed E-state index contributed by atoms with van der Waals surface area (Å²) in [6.45, 7) is 0. The number of halogens is 1. The Labute approximate surface area is 103 Å². The molecular weight excluding hydrogens is 297 g/mol. The van der Waals surface area contributed by atoms with E-state index in [1.54, 1.807) is 6.20 Å². The van der Waals surface area contributed by atoms with Gasteiger partial charge >= 0.3 is 0 Å². The molecule has 0 spiro atoms. The van der Waals surface area contributed by atoms with E-state index in [4.69, 9.17) is 0 Å². The number of pyridine rings is 1. The first-order valence-corrected chi connectivity index (χ1v) is 5.78. The molecule has 2 heteroatoms. The molecule has 0 radical (unpaired) electrons. The number of rotatable bonds is 2. The van der Waals surface area contributed by atoms with Gasteiger partial charge in [-0.15, -0.1) is 0 Å². The Hall–Kier alpha value is -1.16. The van der Waals surface area contributed by atoms with E-state index in [9.17, 15) is 0 Å². The molecule has 0 aliphatic rings. The van der Waals surface area contributed by atoms with E-state index in [0.717, 1.165) is 5.69 Å². The predicted octanol–water partition coefficient (Wildman–Crippen LogP) is 4.01. The first kappa shape index (κ1) is 10.4. The molecule has 1 nitrogen and oxygen atoms in total. The maximum Gasteiger partial charge on any atom is 0.0640 e. The van der Waals surface area contributed by atoms with Gasteiger partial charge in [0.25, 0.3) is 0 Å². The predicted molar refractivity (Wildman–Crippen MR) is 72.6 cm³/mol. The number of aromatic nitrogens is 1. The number of hydrogen-bond donors (Lipinski definition) is 0. The van der Waals surface area contributed by atoms with Gasteiger partial charge in [0.1, 0.15) is 0 Å². The molecule has 1 aromatic heterocycles. The molecule has 2 rings (SSSR count). The van der Waals surface area contributed by atoms with Crippen LogP contribution >= 0.6 is 22.6 Å². The van der Waals surface area contributed by atoms with E-state index in [1.165, 1.54) is 9.14 Å². The minimum absolute atomic E-state index is 0.991. The molecule has 2 aromatic rings. The fourth-order valence-electron chi connectivity index (χ4n) is 1.27. The molecule has 0 unspecified atom stereocenters. The van der Waals surface area contributed by atoms with Crippen LogP contribution in [0.3, 0.4) is 0 Å². The first-order valence-electron chi connectivity index (χ1n) is 4.70. The van der Waals surface area contributed by atoms with Crippen molar-refractivity contribution in [3.05, 3.63) is 66.0 Å². The van der Waals surface area contributed by atoms with Crippen LogP contribution in [0.4, 0.5) is 0 Å². The summed E-state index contributed by atoms with van der Waals surface area (Å²) in [5.41, 5.74) is 2.22. The highest BCUT2D eigenvalue weighted by molar-refractivity contribution is 14.1. The second-order valence-electron chi connectivity index (χ2n) is 3.11. The van der Waals surface area contributed by atoms with E-state index in [2.05, 4.69) is 45.8 Å². The van der Waals surface area contributed by atoms with Gasteiger partial charge in [-0.2, -0.15) is 0 Å². The van der Waals surface area contributed by atoms with E-state index in [1.807, 2.05) is 36.4 Å². The van der Waals surface area contributed by atoms with Crippen LogP contribution in [0.5, 0.6) is 0 Å². The lowest BCUT2D eigenvalue weighted by Crippen LogP contribution is -1.79. The van der Waals surface area contributed by atoms with Gasteiger partial charge in [-0.05, 0) is 46.4 Å². The zero-order chi connectivity index (χ0) is 10.5. The molecule has 1 heterocycles. The van der Waals surface area contributed by atoms with Crippen molar-refractivity contribution in [3.8, 4) is 0 Å². The first-order chi connectivity index (χ1) is 7.36. The standard InChI is InChI=1S/C13H10IN/c14-13(11-6-2-1-3-7-11)10-12-8-4-5-9-15-12/h1-10H/b13-10-.